The molecule has 4 heteroatoms. The van der Waals surface area contributed by atoms with E-state index in [0.717, 1.165) is 66.5 Å². The van der Waals surface area contributed by atoms with E-state index in [1.54, 1.807) is 0 Å². The van der Waals surface area contributed by atoms with E-state index < -0.39 is 0 Å². The van der Waals surface area contributed by atoms with Crippen molar-refractivity contribution in [2.45, 2.75) is 6.92 Å². The van der Waals surface area contributed by atoms with Crippen molar-refractivity contribution >= 4 is 67.2 Å². The maximum absolute atomic E-state index is 5.36. The molecule has 4 nitrogen and oxygen atoms in total. The van der Waals surface area contributed by atoms with Crippen LogP contribution in [0.25, 0.3) is 89.9 Å². The number of aromatic nitrogens is 4. The summed E-state index contributed by atoms with van der Waals surface area (Å²) in [5, 5.41) is 8.05. The van der Waals surface area contributed by atoms with E-state index in [0.29, 0.717) is 0 Å². The van der Waals surface area contributed by atoms with Gasteiger partial charge in [-0.05, 0) is 70.8 Å². The van der Waals surface area contributed by atoms with Crippen molar-refractivity contribution in [3.63, 3.8) is 0 Å². The van der Waals surface area contributed by atoms with E-state index in [2.05, 4.69) is 150 Å². The Bertz CT molecular complexity index is 3110. The lowest BCUT2D eigenvalue weighted by atomic mass is 10.1. The van der Waals surface area contributed by atoms with Crippen LogP contribution in [-0.4, -0.2) is 19.1 Å². The first kappa shape index (κ1) is 29.2. The van der Waals surface area contributed by atoms with Gasteiger partial charge in [0.25, 0.3) is 0 Å². The van der Waals surface area contributed by atoms with Crippen LogP contribution < -0.4 is 10.4 Å². The van der Waals surface area contributed by atoms with Crippen molar-refractivity contribution in [2.24, 2.45) is 0 Å². The monoisotopic (exact) mass is 652 g/mol. The molecule has 0 aliphatic rings. The van der Waals surface area contributed by atoms with E-state index in [4.69, 9.17) is 9.97 Å². The zero-order valence-electron chi connectivity index (χ0n) is 28.1. The summed E-state index contributed by atoms with van der Waals surface area (Å²) in [5.74, 6) is 0.809. The van der Waals surface area contributed by atoms with Gasteiger partial charge in [-0.25, -0.2) is 9.97 Å². The third-order valence-corrected chi connectivity index (χ3v) is 10.2. The minimum atomic E-state index is 0.809. The summed E-state index contributed by atoms with van der Waals surface area (Å²) in [6.45, 7) is 6.61. The summed E-state index contributed by atoms with van der Waals surface area (Å²) >= 11 is 0. The topological polar surface area (TPSA) is 35.6 Å². The van der Waals surface area contributed by atoms with Crippen LogP contribution in [0.3, 0.4) is 0 Å². The molecule has 0 N–H and O–H groups in total. The van der Waals surface area contributed by atoms with Crippen molar-refractivity contribution < 1.29 is 0 Å². The molecule has 0 bridgehead atoms. The molecular weight excluding hydrogens is 621 g/mol. The zero-order chi connectivity index (χ0) is 34.1. The van der Waals surface area contributed by atoms with Gasteiger partial charge in [-0.2, -0.15) is 0 Å². The van der Waals surface area contributed by atoms with Crippen molar-refractivity contribution in [1.82, 2.24) is 19.1 Å². The maximum Gasteiger partial charge on any atom is 0.165 e. The number of fused-ring (bicyclic) bond motifs is 6. The Morgan fingerprint density at radius 3 is 2.04 bits per heavy atom. The van der Waals surface area contributed by atoms with Gasteiger partial charge in [0.1, 0.15) is 5.69 Å². The van der Waals surface area contributed by atoms with Crippen molar-refractivity contribution in [3.05, 3.63) is 179 Å². The number of hydrogen-bond acceptors (Lipinski definition) is 2. The maximum atomic E-state index is 5.36. The lowest BCUT2D eigenvalue weighted by Crippen LogP contribution is -2.22. The standard InChI is InChI=1S/C47H32N4/c1-30-15-6-7-19-34(30)27-43-31(2)37-28-38-36-22-10-13-25-42(36)51(45(38)29-44(37)50(43)41-26-14-20-32-16-8-9-21-35(32)41)47-46(33-17-4-3-5-18-33)48-39-23-11-12-24-40(39)49-47/h3-29H,1H2,2H3/b34-27-. The van der Waals surface area contributed by atoms with Gasteiger partial charge in [0.05, 0.1) is 39.0 Å². The molecule has 0 atom stereocenters. The second-order valence-corrected chi connectivity index (χ2v) is 13.2. The second kappa shape index (κ2) is 11.4. The number of aryl methyl sites for hydroxylation is 1. The molecule has 7 aromatic carbocycles. The number of nitrogens with zero attached hydrogens (tertiary/aromatic N) is 4. The van der Waals surface area contributed by atoms with E-state index >= 15 is 0 Å². The Balaban J connectivity index is 1.38. The average Bonchev–Trinajstić information content (AvgIpc) is 3.64. The predicted octanol–water partition coefficient (Wildman–Crippen LogP) is 10.0. The number of hydrogen-bond donors (Lipinski definition) is 0. The Kier molecular flexibility index (Phi) is 6.52. The molecule has 0 aliphatic heterocycles. The first-order valence-electron chi connectivity index (χ1n) is 17.3. The average molecular weight is 653 g/mol. The van der Waals surface area contributed by atoms with E-state index in [1.807, 2.05) is 36.4 Å². The highest BCUT2D eigenvalue weighted by atomic mass is 15.1. The quantitative estimate of drug-likeness (QED) is 0.190. The van der Waals surface area contributed by atoms with Gasteiger partial charge in [0, 0.05) is 27.1 Å². The fraction of sp³-hybridized carbons (Fsp3) is 0.0213. The van der Waals surface area contributed by atoms with Gasteiger partial charge in [0.2, 0.25) is 0 Å². The summed E-state index contributed by atoms with van der Waals surface area (Å²) in [4.78, 5) is 10.6. The van der Waals surface area contributed by atoms with Crippen LogP contribution in [0.4, 0.5) is 0 Å². The Labute approximate surface area is 294 Å². The molecule has 10 aromatic rings. The lowest BCUT2D eigenvalue weighted by Gasteiger charge is -2.15. The Morgan fingerprint density at radius 1 is 0.529 bits per heavy atom. The highest BCUT2D eigenvalue weighted by Crippen LogP contribution is 2.41. The van der Waals surface area contributed by atoms with Crippen LogP contribution in [-0.2, 0) is 0 Å². The van der Waals surface area contributed by atoms with Gasteiger partial charge < -0.3 is 4.57 Å². The van der Waals surface area contributed by atoms with E-state index in [-0.39, 0.29) is 0 Å². The van der Waals surface area contributed by atoms with Crippen molar-refractivity contribution in [3.8, 4) is 22.8 Å². The van der Waals surface area contributed by atoms with Crippen LogP contribution >= 0.6 is 0 Å². The third-order valence-electron chi connectivity index (χ3n) is 10.2. The number of benzene rings is 7. The van der Waals surface area contributed by atoms with Gasteiger partial charge in [-0.15, -0.1) is 0 Å². The molecular formula is C47H32N4. The molecule has 0 unspecified atom stereocenters. The van der Waals surface area contributed by atoms with Crippen LogP contribution in [0, 0.1) is 6.92 Å². The van der Waals surface area contributed by atoms with E-state index in [9.17, 15) is 0 Å². The SMILES string of the molecule is C=c1cccc/c1=C/c1c(C)c2cc3c4ccccc4n(-c4nc5ccccc5nc4-c4ccccc4)c3cc2n1-c1cccc2ccccc12. The minimum Gasteiger partial charge on any atom is -0.309 e. The van der Waals surface area contributed by atoms with E-state index in [1.165, 1.54) is 32.5 Å². The lowest BCUT2D eigenvalue weighted by molar-refractivity contribution is 1.08. The highest BCUT2D eigenvalue weighted by molar-refractivity contribution is 6.15. The minimum absolute atomic E-state index is 0.809. The summed E-state index contributed by atoms with van der Waals surface area (Å²) in [6.07, 6.45) is 2.29. The summed E-state index contributed by atoms with van der Waals surface area (Å²) in [6, 6.07) is 55.5. The summed E-state index contributed by atoms with van der Waals surface area (Å²) in [7, 11) is 0. The normalized spacial score (nSPS) is 12.2. The largest absolute Gasteiger partial charge is 0.309 e. The summed E-state index contributed by atoms with van der Waals surface area (Å²) in [5.41, 5.74) is 10.4. The third kappa shape index (κ3) is 4.54. The van der Waals surface area contributed by atoms with Crippen molar-refractivity contribution in [1.29, 1.82) is 0 Å². The number of rotatable bonds is 4. The summed E-state index contributed by atoms with van der Waals surface area (Å²) < 4.78 is 4.75. The molecule has 0 saturated carbocycles. The van der Waals surface area contributed by atoms with Gasteiger partial charge >= 0.3 is 0 Å². The fourth-order valence-electron chi connectivity index (χ4n) is 7.75. The Morgan fingerprint density at radius 2 is 1.20 bits per heavy atom. The highest BCUT2D eigenvalue weighted by Gasteiger charge is 2.23. The second-order valence-electron chi connectivity index (χ2n) is 13.2. The van der Waals surface area contributed by atoms with Crippen molar-refractivity contribution in [2.75, 3.05) is 0 Å². The van der Waals surface area contributed by atoms with Crippen LogP contribution in [0.5, 0.6) is 0 Å². The van der Waals surface area contributed by atoms with Gasteiger partial charge in [0.15, 0.2) is 5.82 Å². The molecule has 51 heavy (non-hydrogen) atoms. The van der Waals surface area contributed by atoms with Gasteiger partial charge in [-0.1, -0.05) is 128 Å². The molecule has 3 aromatic heterocycles. The van der Waals surface area contributed by atoms with Crippen LogP contribution in [0.15, 0.2) is 158 Å². The molecule has 10 rings (SSSR count). The molecule has 3 heterocycles. The molecule has 0 fully saturated rings. The molecule has 0 radical (unpaired) electrons. The zero-order valence-corrected chi connectivity index (χ0v) is 28.1. The molecule has 0 amide bonds. The molecule has 0 saturated heterocycles. The van der Waals surface area contributed by atoms with Gasteiger partial charge in [-0.3, -0.25) is 4.57 Å². The first-order valence-corrected chi connectivity index (χ1v) is 17.3. The van der Waals surface area contributed by atoms with Crippen LogP contribution in [0.2, 0.25) is 0 Å². The Hall–Kier alpha value is -6.78. The van der Waals surface area contributed by atoms with Crippen LogP contribution in [0.1, 0.15) is 11.3 Å². The molecule has 0 aliphatic carbocycles. The fourth-order valence-corrected chi connectivity index (χ4v) is 7.75. The molecule has 240 valence electrons. The number of para-hydroxylation sites is 3. The first-order chi connectivity index (χ1) is 25.1. The smallest absolute Gasteiger partial charge is 0.165 e. The molecule has 0 spiro atoms. The predicted molar refractivity (Wildman–Crippen MR) is 213 cm³/mol.